The number of H-pyrrole nitrogens is 1. The molecule has 1 N–H and O–H groups in total. The van der Waals surface area contributed by atoms with Gasteiger partial charge in [-0.3, -0.25) is 0 Å². The number of anilines is 1. The molecule has 0 aliphatic carbocycles. The van der Waals surface area contributed by atoms with Crippen LogP contribution in [0.1, 0.15) is 5.56 Å². The summed E-state index contributed by atoms with van der Waals surface area (Å²) in [6, 6.07) is 13.2. The van der Waals surface area contributed by atoms with E-state index in [0.29, 0.717) is 20.6 Å². The molecule has 0 spiro atoms. The van der Waals surface area contributed by atoms with Gasteiger partial charge in [-0.25, -0.2) is 5.10 Å². The van der Waals surface area contributed by atoms with Crippen molar-refractivity contribution in [3.05, 3.63) is 62.8 Å². The molecule has 0 unspecified atom stereocenters. The Hall–Kier alpha value is -2.15. The fourth-order valence-corrected chi connectivity index (χ4v) is 2.86. The molecule has 1 aromatic heterocycles. The highest BCUT2D eigenvalue weighted by atomic mass is 35.5. The largest absolute Gasteiger partial charge is 0.378 e. The molecular weight excluding hydrogens is 377 g/mol. The summed E-state index contributed by atoms with van der Waals surface area (Å²) in [7, 11) is 3.98. The molecular formula is C17H15Cl2N5S. The summed E-state index contributed by atoms with van der Waals surface area (Å²) in [6.45, 7) is 0. The van der Waals surface area contributed by atoms with E-state index >= 15 is 0 Å². The van der Waals surface area contributed by atoms with Gasteiger partial charge < -0.3 is 4.90 Å². The van der Waals surface area contributed by atoms with Gasteiger partial charge in [-0.15, -0.1) is 0 Å². The summed E-state index contributed by atoms with van der Waals surface area (Å²) in [5.74, 6) is 0.622. The van der Waals surface area contributed by atoms with E-state index in [9.17, 15) is 0 Å². The molecule has 1 heterocycles. The predicted octanol–water partition coefficient (Wildman–Crippen LogP) is 4.86. The zero-order chi connectivity index (χ0) is 18.0. The minimum Gasteiger partial charge on any atom is -0.378 e. The topological polar surface area (TPSA) is 49.2 Å². The Labute approximate surface area is 160 Å². The van der Waals surface area contributed by atoms with E-state index in [0.717, 1.165) is 16.8 Å². The summed E-state index contributed by atoms with van der Waals surface area (Å²) in [4.78, 5) is 2.03. The lowest BCUT2D eigenvalue weighted by atomic mass is 10.2. The zero-order valence-corrected chi connectivity index (χ0v) is 15.9. The standard InChI is InChI=1S/C17H15Cl2N5S/c1-23(2)14-7-4-11(5-8-14)16-21-22-17(25)24(16)20-10-12-3-6-13(18)9-15(12)19/h3-10H,1-2H3,(H,22,25). The molecule has 5 nitrogen and oxygen atoms in total. The maximum absolute atomic E-state index is 6.17. The van der Waals surface area contributed by atoms with Crippen LogP contribution in [0.15, 0.2) is 47.6 Å². The molecule has 3 rings (SSSR count). The smallest absolute Gasteiger partial charge is 0.216 e. The summed E-state index contributed by atoms with van der Waals surface area (Å²) in [5.41, 5.74) is 2.74. The highest BCUT2D eigenvalue weighted by molar-refractivity contribution is 7.71. The van der Waals surface area contributed by atoms with Gasteiger partial charge in [0.2, 0.25) is 4.77 Å². The van der Waals surface area contributed by atoms with Gasteiger partial charge in [0.05, 0.1) is 11.2 Å². The lowest BCUT2D eigenvalue weighted by Gasteiger charge is -2.12. The molecule has 128 valence electrons. The third-order valence-electron chi connectivity index (χ3n) is 3.57. The van der Waals surface area contributed by atoms with Crippen LogP contribution in [0, 0.1) is 4.77 Å². The highest BCUT2D eigenvalue weighted by Gasteiger charge is 2.09. The van der Waals surface area contributed by atoms with E-state index in [1.54, 1.807) is 29.1 Å². The van der Waals surface area contributed by atoms with Crippen LogP contribution in [0.25, 0.3) is 11.4 Å². The summed E-state index contributed by atoms with van der Waals surface area (Å²) in [6.07, 6.45) is 1.63. The Kier molecular flexibility index (Phi) is 5.22. The number of nitrogens with zero attached hydrogens (tertiary/aromatic N) is 4. The zero-order valence-electron chi connectivity index (χ0n) is 13.6. The van der Waals surface area contributed by atoms with Gasteiger partial charge >= 0.3 is 0 Å². The Morgan fingerprint density at radius 3 is 2.52 bits per heavy atom. The number of aromatic amines is 1. The second kappa shape index (κ2) is 7.39. The van der Waals surface area contributed by atoms with E-state index in [1.807, 2.05) is 43.3 Å². The van der Waals surface area contributed by atoms with E-state index < -0.39 is 0 Å². The molecule has 0 atom stereocenters. The van der Waals surface area contributed by atoms with Crippen LogP contribution in [0.4, 0.5) is 5.69 Å². The predicted molar refractivity (Wildman–Crippen MR) is 107 cm³/mol. The fraction of sp³-hybridized carbons (Fsp3) is 0.118. The lowest BCUT2D eigenvalue weighted by molar-refractivity contribution is 0.871. The molecule has 0 saturated heterocycles. The van der Waals surface area contributed by atoms with Gasteiger partial charge in [-0.2, -0.15) is 14.9 Å². The molecule has 0 aliphatic rings. The second-order valence-corrected chi connectivity index (χ2v) is 6.75. The molecule has 0 aliphatic heterocycles. The molecule has 2 aromatic carbocycles. The first-order valence-corrected chi connectivity index (χ1v) is 8.57. The third-order valence-corrected chi connectivity index (χ3v) is 4.39. The van der Waals surface area contributed by atoms with Gasteiger partial charge in [-0.05, 0) is 48.6 Å². The highest BCUT2D eigenvalue weighted by Crippen LogP contribution is 2.22. The van der Waals surface area contributed by atoms with Gasteiger partial charge in [0.25, 0.3) is 0 Å². The Morgan fingerprint density at radius 1 is 1.16 bits per heavy atom. The second-order valence-electron chi connectivity index (χ2n) is 5.52. The number of halogens is 2. The van der Waals surface area contributed by atoms with Crippen molar-refractivity contribution in [3.8, 4) is 11.4 Å². The first-order valence-electron chi connectivity index (χ1n) is 7.40. The molecule has 3 aromatic rings. The van der Waals surface area contributed by atoms with E-state index in [2.05, 4.69) is 15.3 Å². The minimum absolute atomic E-state index is 0.396. The van der Waals surface area contributed by atoms with Crippen molar-refractivity contribution in [2.24, 2.45) is 5.10 Å². The van der Waals surface area contributed by atoms with Crippen LogP contribution in [-0.2, 0) is 0 Å². The van der Waals surface area contributed by atoms with Crippen molar-refractivity contribution >= 4 is 47.3 Å². The number of aromatic nitrogens is 3. The molecule has 0 bridgehead atoms. The number of hydrogen-bond acceptors (Lipinski definition) is 4. The summed E-state index contributed by atoms with van der Waals surface area (Å²) >= 11 is 17.4. The molecule has 0 radical (unpaired) electrons. The Balaban J connectivity index is 1.97. The monoisotopic (exact) mass is 391 g/mol. The summed E-state index contributed by atoms with van der Waals surface area (Å²) < 4.78 is 1.96. The van der Waals surface area contributed by atoms with E-state index in [1.165, 1.54) is 0 Å². The Bertz CT molecular complexity index is 973. The van der Waals surface area contributed by atoms with Crippen LogP contribution in [-0.4, -0.2) is 35.2 Å². The first-order chi connectivity index (χ1) is 12.0. The van der Waals surface area contributed by atoms with Gasteiger partial charge in [-0.1, -0.05) is 29.3 Å². The average molecular weight is 392 g/mol. The van der Waals surface area contributed by atoms with Gasteiger partial charge in [0, 0.05) is 35.9 Å². The maximum atomic E-state index is 6.17. The van der Waals surface area contributed by atoms with Crippen molar-refractivity contribution < 1.29 is 0 Å². The van der Waals surface area contributed by atoms with Crippen molar-refractivity contribution in [1.82, 2.24) is 14.9 Å². The molecule has 0 saturated carbocycles. The number of benzene rings is 2. The average Bonchev–Trinajstić information content (AvgIpc) is 2.95. The molecule has 25 heavy (non-hydrogen) atoms. The summed E-state index contributed by atoms with van der Waals surface area (Å²) in [5, 5.41) is 12.6. The molecule has 8 heteroatoms. The number of hydrogen-bond donors (Lipinski definition) is 1. The Morgan fingerprint density at radius 2 is 1.88 bits per heavy atom. The third kappa shape index (κ3) is 3.92. The number of rotatable bonds is 4. The SMILES string of the molecule is CN(C)c1ccc(-c2n[nH]c(=S)n2N=Cc2ccc(Cl)cc2Cl)cc1. The molecule has 0 fully saturated rings. The fourth-order valence-electron chi connectivity index (χ4n) is 2.22. The minimum atomic E-state index is 0.396. The van der Waals surface area contributed by atoms with Crippen LogP contribution in [0.3, 0.4) is 0 Å². The maximum Gasteiger partial charge on any atom is 0.216 e. The van der Waals surface area contributed by atoms with Crippen LogP contribution in [0.2, 0.25) is 10.0 Å². The van der Waals surface area contributed by atoms with E-state index in [-0.39, 0.29) is 0 Å². The molecule has 0 amide bonds. The normalized spacial score (nSPS) is 11.2. The van der Waals surface area contributed by atoms with Gasteiger partial charge in [0.15, 0.2) is 5.82 Å². The van der Waals surface area contributed by atoms with Crippen LogP contribution < -0.4 is 4.90 Å². The lowest BCUT2D eigenvalue weighted by Crippen LogP contribution is -2.08. The van der Waals surface area contributed by atoms with Crippen molar-refractivity contribution in [2.75, 3.05) is 19.0 Å². The van der Waals surface area contributed by atoms with Crippen molar-refractivity contribution in [1.29, 1.82) is 0 Å². The van der Waals surface area contributed by atoms with Crippen LogP contribution in [0.5, 0.6) is 0 Å². The van der Waals surface area contributed by atoms with Crippen molar-refractivity contribution in [3.63, 3.8) is 0 Å². The number of nitrogens with one attached hydrogen (secondary N) is 1. The van der Waals surface area contributed by atoms with Crippen LogP contribution >= 0.6 is 35.4 Å². The van der Waals surface area contributed by atoms with E-state index in [4.69, 9.17) is 35.4 Å². The van der Waals surface area contributed by atoms with Crippen molar-refractivity contribution in [2.45, 2.75) is 0 Å². The first kappa shape index (κ1) is 17.7. The van der Waals surface area contributed by atoms with Gasteiger partial charge in [0.1, 0.15) is 0 Å². The quantitative estimate of drug-likeness (QED) is 0.510.